The van der Waals surface area contributed by atoms with E-state index in [9.17, 15) is 9.90 Å². The molecule has 0 fully saturated rings. The van der Waals surface area contributed by atoms with Gasteiger partial charge in [-0.2, -0.15) is 0 Å². The Morgan fingerprint density at radius 3 is 2.76 bits per heavy atom. The number of aliphatic hydroxyl groups excluding tert-OH is 2. The van der Waals surface area contributed by atoms with Crippen molar-refractivity contribution >= 4 is 23.5 Å². The molecule has 0 saturated heterocycles. The number of carbonyl (C=O) groups excluding carboxylic acids is 1. The SMILES string of the molecule is Cc1nc(C(=O)NC(N)=NCCCCc2cccc(OCC(O)CCCO)c2)c(N)nc1N. The first kappa shape index (κ1) is 25.8. The van der Waals surface area contributed by atoms with E-state index in [2.05, 4.69) is 20.3 Å². The maximum absolute atomic E-state index is 12.3. The molecule has 33 heavy (non-hydrogen) atoms. The van der Waals surface area contributed by atoms with Crippen LogP contribution in [0.4, 0.5) is 11.6 Å². The second-order valence-corrected chi connectivity index (χ2v) is 7.58. The molecule has 11 heteroatoms. The van der Waals surface area contributed by atoms with Crippen LogP contribution in [0.5, 0.6) is 5.75 Å². The standard InChI is InChI=1S/C22H33N7O4/c1-14-19(23)28-20(24)18(27-14)21(32)29-22(25)26-10-3-2-6-15-7-4-9-17(12-15)33-13-16(31)8-5-11-30/h4,7,9,12,16,30-31H,2-3,5-6,8,10-11,13H2,1H3,(H4,23,24,28)(H3,25,26,29,32). The van der Waals surface area contributed by atoms with Crippen LogP contribution in [-0.4, -0.2) is 57.9 Å². The minimum atomic E-state index is -0.600. The van der Waals surface area contributed by atoms with E-state index in [0.29, 0.717) is 30.8 Å². The summed E-state index contributed by atoms with van der Waals surface area (Å²) < 4.78 is 5.62. The molecule has 1 aromatic carbocycles. The molecule has 180 valence electrons. The number of amides is 1. The van der Waals surface area contributed by atoms with Crippen molar-refractivity contribution in [2.24, 2.45) is 10.7 Å². The fourth-order valence-corrected chi connectivity index (χ4v) is 2.96. The lowest BCUT2D eigenvalue weighted by atomic mass is 10.1. The van der Waals surface area contributed by atoms with E-state index in [-0.39, 0.29) is 36.5 Å². The molecule has 0 saturated carbocycles. The number of guanidine groups is 1. The molecule has 0 aliphatic carbocycles. The fraction of sp³-hybridized carbons (Fsp3) is 0.455. The van der Waals surface area contributed by atoms with Crippen molar-refractivity contribution in [3.8, 4) is 5.75 Å². The Bertz CT molecular complexity index is 952. The van der Waals surface area contributed by atoms with Gasteiger partial charge < -0.3 is 32.2 Å². The van der Waals surface area contributed by atoms with E-state index >= 15 is 0 Å². The van der Waals surface area contributed by atoms with Crippen molar-refractivity contribution < 1.29 is 19.7 Å². The Balaban J connectivity index is 1.74. The molecule has 2 rings (SSSR count). The van der Waals surface area contributed by atoms with Crippen molar-refractivity contribution in [3.05, 3.63) is 41.2 Å². The highest BCUT2D eigenvalue weighted by Crippen LogP contribution is 2.16. The first-order chi connectivity index (χ1) is 15.8. The van der Waals surface area contributed by atoms with E-state index in [4.69, 9.17) is 27.0 Å². The van der Waals surface area contributed by atoms with Gasteiger partial charge in [-0.25, -0.2) is 9.97 Å². The average molecular weight is 460 g/mol. The first-order valence-corrected chi connectivity index (χ1v) is 10.8. The second-order valence-electron chi connectivity index (χ2n) is 7.58. The summed E-state index contributed by atoms with van der Waals surface area (Å²) in [5, 5.41) is 21.1. The summed E-state index contributed by atoms with van der Waals surface area (Å²) in [6, 6.07) is 7.70. The summed E-state index contributed by atoms with van der Waals surface area (Å²) >= 11 is 0. The summed E-state index contributed by atoms with van der Waals surface area (Å²) in [6.45, 7) is 2.32. The number of aliphatic imine (C=N–C) groups is 1. The van der Waals surface area contributed by atoms with Gasteiger partial charge in [0.05, 0.1) is 11.8 Å². The minimum absolute atomic E-state index is 0.0224. The number of hydrogen-bond donors (Lipinski definition) is 6. The smallest absolute Gasteiger partial charge is 0.280 e. The zero-order valence-electron chi connectivity index (χ0n) is 18.8. The minimum Gasteiger partial charge on any atom is -0.491 e. The van der Waals surface area contributed by atoms with Crippen LogP contribution in [-0.2, 0) is 6.42 Å². The van der Waals surface area contributed by atoms with Crippen LogP contribution in [0.2, 0.25) is 0 Å². The number of benzene rings is 1. The first-order valence-electron chi connectivity index (χ1n) is 10.8. The molecule has 11 nitrogen and oxygen atoms in total. The van der Waals surface area contributed by atoms with Gasteiger partial charge in [0.1, 0.15) is 18.2 Å². The van der Waals surface area contributed by atoms with Crippen LogP contribution in [0.1, 0.15) is 47.4 Å². The topological polar surface area (TPSA) is 195 Å². The predicted octanol–water partition coefficient (Wildman–Crippen LogP) is 0.529. The van der Waals surface area contributed by atoms with Crippen LogP contribution in [0.25, 0.3) is 0 Å². The lowest BCUT2D eigenvalue weighted by Crippen LogP contribution is -2.38. The number of carbonyl (C=O) groups is 1. The van der Waals surface area contributed by atoms with E-state index < -0.39 is 12.0 Å². The van der Waals surface area contributed by atoms with Crippen LogP contribution in [0.3, 0.4) is 0 Å². The van der Waals surface area contributed by atoms with Gasteiger partial charge in [-0.05, 0) is 56.7 Å². The Labute approximate surface area is 193 Å². The molecule has 1 atom stereocenters. The average Bonchev–Trinajstić information content (AvgIpc) is 2.78. The van der Waals surface area contributed by atoms with Crippen LogP contribution >= 0.6 is 0 Å². The quantitative estimate of drug-likeness (QED) is 0.149. The monoisotopic (exact) mass is 459 g/mol. The third-order valence-corrected chi connectivity index (χ3v) is 4.78. The molecule has 1 aromatic heterocycles. The van der Waals surface area contributed by atoms with Gasteiger partial charge >= 0.3 is 0 Å². The maximum Gasteiger partial charge on any atom is 0.280 e. The molecule has 1 amide bonds. The molecule has 0 aliphatic rings. The zero-order valence-corrected chi connectivity index (χ0v) is 18.8. The molecule has 2 aromatic rings. The molecule has 1 heterocycles. The number of nitrogen functional groups attached to an aromatic ring is 2. The molecular formula is C22H33N7O4. The number of nitrogens with two attached hydrogens (primary N) is 3. The lowest BCUT2D eigenvalue weighted by Gasteiger charge is -2.12. The highest BCUT2D eigenvalue weighted by Gasteiger charge is 2.15. The van der Waals surface area contributed by atoms with Gasteiger partial charge in [0.25, 0.3) is 5.91 Å². The zero-order chi connectivity index (χ0) is 24.2. The summed E-state index contributed by atoms with van der Waals surface area (Å²) in [6.07, 6.45) is 2.90. The van der Waals surface area contributed by atoms with Gasteiger partial charge in [-0.15, -0.1) is 0 Å². The largest absolute Gasteiger partial charge is 0.491 e. The van der Waals surface area contributed by atoms with Crippen molar-refractivity contribution in [1.29, 1.82) is 0 Å². The number of nitrogens with zero attached hydrogens (tertiary/aromatic N) is 3. The highest BCUT2D eigenvalue weighted by atomic mass is 16.5. The number of rotatable bonds is 12. The fourth-order valence-electron chi connectivity index (χ4n) is 2.96. The van der Waals surface area contributed by atoms with E-state index in [1.54, 1.807) is 6.92 Å². The number of aromatic nitrogens is 2. The third-order valence-electron chi connectivity index (χ3n) is 4.78. The van der Waals surface area contributed by atoms with Gasteiger partial charge in [-0.1, -0.05) is 12.1 Å². The summed E-state index contributed by atoms with van der Waals surface area (Å²) in [5.74, 6) is 0.169. The molecule has 9 N–H and O–H groups in total. The molecule has 0 aliphatic heterocycles. The molecule has 0 spiro atoms. The molecule has 0 bridgehead atoms. The number of anilines is 2. The summed E-state index contributed by atoms with van der Waals surface area (Å²) in [7, 11) is 0. The van der Waals surface area contributed by atoms with E-state index in [1.165, 1.54) is 0 Å². The van der Waals surface area contributed by atoms with Crippen molar-refractivity contribution in [3.63, 3.8) is 0 Å². The number of hydrogen-bond acceptors (Lipinski definition) is 9. The Hall–Kier alpha value is -3.44. The highest BCUT2D eigenvalue weighted by molar-refractivity contribution is 6.06. The van der Waals surface area contributed by atoms with E-state index in [0.717, 1.165) is 24.8 Å². The lowest BCUT2D eigenvalue weighted by molar-refractivity contribution is 0.0925. The Kier molecular flexibility index (Phi) is 10.3. The second kappa shape index (κ2) is 13.2. The van der Waals surface area contributed by atoms with Crippen LogP contribution in [0.15, 0.2) is 29.3 Å². The number of ether oxygens (including phenoxy) is 1. The van der Waals surface area contributed by atoms with Gasteiger partial charge in [0, 0.05) is 13.2 Å². The summed E-state index contributed by atoms with van der Waals surface area (Å²) in [4.78, 5) is 24.3. The third kappa shape index (κ3) is 8.91. The van der Waals surface area contributed by atoms with Gasteiger partial charge in [0.15, 0.2) is 17.5 Å². The Morgan fingerprint density at radius 2 is 2.00 bits per heavy atom. The van der Waals surface area contributed by atoms with Gasteiger partial charge in [0.2, 0.25) is 0 Å². The number of aryl methyl sites for hydroxylation is 2. The van der Waals surface area contributed by atoms with Crippen LogP contribution in [0, 0.1) is 6.92 Å². The number of nitrogens with one attached hydrogen (secondary N) is 1. The van der Waals surface area contributed by atoms with Crippen molar-refractivity contribution in [2.45, 2.75) is 45.1 Å². The van der Waals surface area contributed by atoms with Gasteiger partial charge in [-0.3, -0.25) is 15.1 Å². The number of aliphatic hydroxyl groups is 2. The molecule has 1 unspecified atom stereocenters. The normalized spacial score (nSPS) is 12.4. The predicted molar refractivity (Wildman–Crippen MR) is 127 cm³/mol. The van der Waals surface area contributed by atoms with Crippen LogP contribution < -0.4 is 27.3 Å². The number of unbranched alkanes of at least 4 members (excludes halogenated alkanes) is 1. The molecular weight excluding hydrogens is 426 g/mol. The van der Waals surface area contributed by atoms with Crippen molar-refractivity contribution in [1.82, 2.24) is 15.3 Å². The molecule has 0 radical (unpaired) electrons. The summed E-state index contributed by atoms with van der Waals surface area (Å²) in [5.41, 5.74) is 18.6. The van der Waals surface area contributed by atoms with Crippen molar-refractivity contribution in [2.75, 3.05) is 31.2 Å². The van der Waals surface area contributed by atoms with E-state index in [1.807, 2.05) is 24.3 Å². The maximum atomic E-state index is 12.3. The Morgan fingerprint density at radius 1 is 1.21 bits per heavy atom.